The molecule has 0 saturated heterocycles. The lowest BCUT2D eigenvalue weighted by atomic mass is 9.74. The molecule has 6 heteroatoms. The van der Waals surface area contributed by atoms with E-state index in [4.69, 9.17) is 9.47 Å². The Morgan fingerprint density at radius 1 is 0.632 bits per heavy atom. The molecule has 0 saturated carbocycles. The number of carbonyl (C=O) groups is 4. The predicted molar refractivity (Wildman–Crippen MR) is 147 cm³/mol. The highest BCUT2D eigenvalue weighted by Gasteiger charge is 2.33. The first-order valence-electron chi connectivity index (χ1n) is 13.6. The van der Waals surface area contributed by atoms with E-state index < -0.39 is 0 Å². The smallest absolute Gasteiger partial charge is 0.305 e. The fraction of sp³-hybridized carbons (Fsp3) is 0.500. The number of hydrogen-bond acceptors (Lipinski definition) is 6. The molecular formula is C32H40O6. The molecule has 0 fully saturated rings. The number of rotatable bonds is 12. The number of carbonyl (C=O) groups excluding carboxylic acids is 4. The van der Waals surface area contributed by atoms with Crippen molar-refractivity contribution in [2.24, 2.45) is 0 Å². The number of fused-ring (bicyclic) bond motifs is 2. The summed E-state index contributed by atoms with van der Waals surface area (Å²) in [5.41, 5.74) is 3.05. The Morgan fingerprint density at radius 3 is 1.37 bits per heavy atom. The Hall–Kier alpha value is -3.28. The molecule has 38 heavy (non-hydrogen) atoms. The zero-order chi connectivity index (χ0) is 28.1. The fourth-order valence-electron chi connectivity index (χ4n) is 5.10. The first-order valence-corrected chi connectivity index (χ1v) is 13.6. The average molecular weight is 521 g/mol. The van der Waals surface area contributed by atoms with Crippen molar-refractivity contribution < 1.29 is 28.7 Å². The quantitative estimate of drug-likeness (QED) is 0.254. The lowest BCUT2D eigenvalue weighted by molar-refractivity contribution is -0.144. The first-order chi connectivity index (χ1) is 17.9. The maximum Gasteiger partial charge on any atom is 0.305 e. The summed E-state index contributed by atoms with van der Waals surface area (Å²) >= 11 is 0. The lowest BCUT2D eigenvalue weighted by Crippen LogP contribution is -2.25. The molecule has 0 heterocycles. The van der Waals surface area contributed by atoms with Crippen LogP contribution >= 0.6 is 0 Å². The molecule has 2 aromatic carbocycles. The van der Waals surface area contributed by atoms with Gasteiger partial charge in [0.05, 0.1) is 13.2 Å². The minimum atomic E-state index is -0.284. The van der Waals surface area contributed by atoms with Gasteiger partial charge in [0, 0.05) is 35.1 Å². The van der Waals surface area contributed by atoms with Crippen molar-refractivity contribution in [3.05, 3.63) is 69.8 Å². The minimum Gasteiger partial charge on any atom is -0.466 e. The third-order valence-electron chi connectivity index (χ3n) is 7.56. The number of benzene rings is 2. The van der Waals surface area contributed by atoms with E-state index >= 15 is 0 Å². The Kier molecular flexibility index (Phi) is 9.29. The molecule has 0 unspecified atom stereocenters. The van der Waals surface area contributed by atoms with E-state index in [0.29, 0.717) is 61.2 Å². The van der Waals surface area contributed by atoms with Gasteiger partial charge in [-0.3, -0.25) is 19.2 Å². The highest BCUT2D eigenvalue weighted by atomic mass is 16.5. The number of ketones is 2. The molecule has 0 radical (unpaired) electrons. The topological polar surface area (TPSA) is 86.7 Å². The van der Waals surface area contributed by atoms with Crippen LogP contribution in [0.3, 0.4) is 0 Å². The summed E-state index contributed by atoms with van der Waals surface area (Å²) in [7, 11) is 0. The summed E-state index contributed by atoms with van der Waals surface area (Å²) in [4.78, 5) is 50.5. The Labute approximate surface area is 226 Å². The van der Waals surface area contributed by atoms with E-state index in [1.807, 2.05) is 24.3 Å². The van der Waals surface area contributed by atoms with Crippen LogP contribution in [0.25, 0.3) is 0 Å². The van der Waals surface area contributed by atoms with Crippen molar-refractivity contribution in [2.75, 3.05) is 13.2 Å². The van der Waals surface area contributed by atoms with Crippen LogP contribution in [0.5, 0.6) is 0 Å². The van der Waals surface area contributed by atoms with Crippen LogP contribution in [0, 0.1) is 0 Å². The van der Waals surface area contributed by atoms with Crippen LogP contribution in [0.4, 0.5) is 0 Å². The van der Waals surface area contributed by atoms with Crippen molar-refractivity contribution in [1.82, 2.24) is 0 Å². The van der Waals surface area contributed by atoms with Crippen molar-refractivity contribution in [3.8, 4) is 0 Å². The third kappa shape index (κ3) is 6.58. The van der Waals surface area contributed by atoms with Gasteiger partial charge in [0.2, 0.25) is 0 Å². The summed E-state index contributed by atoms with van der Waals surface area (Å²) in [6.45, 7) is 12.7. The van der Waals surface area contributed by atoms with Crippen molar-refractivity contribution in [2.45, 2.75) is 90.9 Å². The molecule has 1 aliphatic carbocycles. The van der Waals surface area contributed by atoms with Crippen LogP contribution < -0.4 is 0 Å². The largest absolute Gasteiger partial charge is 0.466 e. The van der Waals surface area contributed by atoms with Gasteiger partial charge < -0.3 is 9.47 Å². The maximum absolute atomic E-state index is 13.7. The fourth-order valence-corrected chi connectivity index (χ4v) is 5.10. The molecule has 0 N–H and O–H groups in total. The van der Waals surface area contributed by atoms with Crippen molar-refractivity contribution >= 4 is 23.5 Å². The van der Waals surface area contributed by atoms with Gasteiger partial charge in [0.15, 0.2) is 11.6 Å². The van der Waals surface area contributed by atoms with E-state index in [1.165, 1.54) is 0 Å². The molecule has 0 bridgehead atoms. The van der Waals surface area contributed by atoms with Gasteiger partial charge in [-0.05, 0) is 85.8 Å². The molecule has 0 atom stereocenters. The van der Waals surface area contributed by atoms with Gasteiger partial charge in [-0.25, -0.2) is 0 Å². The van der Waals surface area contributed by atoms with E-state index in [0.717, 1.165) is 24.0 Å². The molecule has 3 rings (SSSR count). The van der Waals surface area contributed by atoms with E-state index in [9.17, 15) is 19.2 Å². The Morgan fingerprint density at radius 2 is 1.00 bits per heavy atom. The molecule has 0 aliphatic heterocycles. The SMILES string of the molecule is CCOC(=O)CCCC(C)(C)c1ccc2c(c1)C(=O)c1cc(C(C)(C)CCCC(=O)OCC)ccc1C2=O. The molecule has 1 aliphatic rings. The van der Waals surface area contributed by atoms with Gasteiger partial charge in [-0.1, -0.05) is 39.8 Å². The normalized spacial score (nSPS) is 13.1. The van der Waals surface area contributed by atoms with Crippen molar-refractivity contribution in [1.29, 1.82) is 0 Å². The molecule has 6 nitrogen and oxygen atoms in total. The highest BCUT2D eigenvalue weighted by molar-refractivity contribution is 6.28. The standard InChI is InChI=1S/C32H40O6/c1-7-37-27(33)11-9-17-31(3,4)21-13-15-23-25(19-21)30(36)26-20-22(14-16-24(26)29(23)35)32(5,6)18-10-12-28(34)38-8-2/h13-16,19-20H,7-12,17-18H2,1-6H3. The van der Waals surface area contributed by atoms with Crippen LogP contribution in [0.2, 0.25) is 0 Å². The second-order valence-corrected chi connectivity index (χ2v) is 11.3. The van der Waals surface area contributed by atoms with Gasteiger partial charge >= 0.3 is 11.9 Å². The van der Waals surface area contributed by atoms with Gasteiger partial charge in [0.25, 0.3) is 0 Å². The van der Waals surface area contributed by atoms with Gasteiger partial charge in [-0.15, -0.1) is 0 Å². The monoisotopic (exact) mass is 520 g/mol. The summed E-state index contributed by atoms with van der Waals surface area (Å²) in [6.07, 6.45) is 3.54. The van der Waals surface area contributed by atoms with Crippen LogP contribution in [-0.2, 0) is 29.9 Å². The molecule has 0 aromatic heterocycles. The summed E-state index contributed by atoms with van der Waals surface area (Å²) < 4.78 is 10.1. The predicted octanol–water partition coefficient (Wildman–Crippen LogP) is 6.48. The van der Waals surface area contributed by atoms with Crippen LogP contribution in [0.15, 0.2) is 36.4 Å². The zero-order valence-electron chi connectivity index (χ0n) is 23.6. The van der Waals surface area contributed by atoms with Crippen molar-refractivity contribution in [3.63, 3.8) is 0 Å². The molecular weight excluding hydrogens is 480 g/mol. The molecule has 204 valence electrons. The third-order valence-corrected chi connectivity index (χ3v) is 7.56. The number of ether oxygens (including phenoxy) is 2. The minimum absolute atomic E-state index is 0.145. The Bertz CT molecular complexity index is 1130. The number of esters is 2. The van der Waals surface area contributed by atoms with Gasteiger partial charge in [-0.2, -0.15) is 0 Å². The van der Waals surface area contributed by atoms with Crippen LogP contribution in [0.1, 0.15) is 123 Å². The van der Waals surface area contributed by atoms with E-state index in [-0.39, 0.29) is 34.3 Å². The second-order valence-electron chi connectivity index (χ2n) is 11.3. The molecule has 2 aromatic rings. The number of hydrogen-bond donors (Lipinski definition) is 0. The highest BCUT2D eigenvalue weighted by Crippen LogP contribution is 2.37. The molecule has 0 spiro atoms. The van der Waals surface area contributed by atoms with Gasteiger partial charge in [0.1, 0.15) is 0 Å². The Balaban J connectivity index is 1.82. The lowest BCUT2D eigenvalue weighted by Gasteiger charge is -2.29. The van der Waals surface area contributed by atoms with E-state index in [1.54, 1.807) is 26.0 Å². The molecule has 0 amide bonds. The first kappa shape index (κ1) is 29.3. The second kappa shape index (κ2) is 12.1. The maximum atomic E-state index is 13.7. The zero-order valence-corrected chi connectivity index (χ0v) is 23.6. The summed E-state index contributed by atoms with van der Waals surface area (Å²) in [6, 6.07) is 11.0. The van der Waals surface area contributed by atoms with Crippen LogP contribution in [-0.4, -0.2) is 36.7 Å². The summed E-state index contributed by atoms with van der Waals surface area (Å²) in [5.74, 6) is -0.702. The van der Waals surface area contributed by atoms with E-state index in [2.05, 4.69) is 27.7 Å². The average Bonchev–Trinajstić information content (AvgIpc) is 2.86. The summed E-state index contributed by atoms with van der Waals surface area (Å²) in [5, 5.41) is 0.